The monoisotopic (exact) mass is 256 g/mol. The minimum Gasteiger partial charge on any atom is -0.372 e. The predicted octanol–water partition coefficient (Wildman–Crippen LogP) is 1.07. The Morgan fingerprint density at radius 2 is 1.94 bits per heavy atom. The molecule has 0 rings (SSSR count). The smallest absolute Gasteiger partial charge is 0.372 e. The lowest BCUT2D eigenvalue weighted by Crippen LogP contribution is -2.35. The molecule has 0 bridgehead atoms. The number of hydrogen-bond donors (Lipinski definition) is 2. The van der Waals surface area contributed by atoms with E-state index in [4.69, 9.17) is 0 Å². The SMILES string of the molecule is CC(C)NCCNC(=O)CCOCC(F)(F)F. The normalized spacial score (nSPS) is 11.9. The van der Waals surface area contributed by atoms with Gasteiger partial charge in [0, 0.05) is 25.6 Å². The average molecular weight is 256 g/mol. The summed E-state index contributed by atoms with van der Waals surface area (Å²) in [6, 6.07) is 0.335. The number of hydrogen-bond acceptors (Lipinski definition) is 3. The minimum absolute atomic E-state index is 0.0578. The van der Waals surface area contributed by atoms with Crippen LogP contribution in [0, 0.1) is 0 Å². The standard InChI is InChI=1S/C10H19F3N2O2/c1-8(2)14-4-5-15-9(16)3-6-17-7-10(11,12)13/h8,14H,3-7H2,1-2H3,(H,15,16). The second-order valence-corrected chi connectivity index (χ2v) is 3.88. The number of halogens is 3. The zero-order valence-corrected chi connectivity index (χ0v) is 10.1. The number of rotatable bonds is 8. The van der Waals surface area contributed by atoms with Gasteiger partial charge in [-0.3, -0.25) is 4.79 Å². The van der Waals surface area contributed by atoms with Crippen LogP contribution in [-0.4, -0.2) is 44.4 Å². The van der Waals surface area contributed by atoms with E-state index in [-0.39, 0.29) is 18.9 Å². The van der Waals surface area contributed by atoms with Crippen molar-refractivity contribution in [2.24, 2.45) is 0 Å². The minimum atomic E-state index is -4.34. The van der Waals surface area contributed by atoms with Gasteiger partial charge in [-0.15, -0.1) is 0 Å². The van der Waals surface area contributed by atoms with Crippen molar-refractivity contribution in [3.05, 3.63) is 0 Å². The zero-order chi connectivity index (χ0) is 13.3. The van der Waals surface area contributed by atoms with Crippen LogP contribution in [0.2, 0.25) is 0 Å². The van der Waals surface area contributed by atoms with E-state index in [0.29, 0.717) is 19.1 Å². The first-order chi connectivity index (χ1) is 7.81. The Kier molecular flexibility index (Phi) is 7.90. The summed E-state index contributed by atoms with van der Waals surface area (Å²) >= 11 is 0. The fourth-order valence-corrected chi connectivity index (χ4v) is 1.00. The molecule has 0 aliphatic carbocycles. The lowest BCUT2D eigenvalue weighted by Gasteiger charge is -2.10. The van der Waals surface area contributed by atoms with E-state index in [1.165, 1.54) is 0 Å². The van der Waals surface area contributed by atoms with Crippen LogP contribution in [-0.2, 0) is 9.53 Å². The number of carbonyl (C=O) groups excluding carboxylic acids is 1. The Balaban J connectivity index is 3.35. The van der Waals surface area contributed by atoms with Crippen molar-refractivity contribution in [2.45, 2.75) is 32.5 Å². The maximum atomic E-state index is 11.7. The molecule has 0 saturated heterocycles. The Morgan fingerprint density at radius 3 is 2.47 bits per heavy atom. The van der Waals surface area contributed by atoms with E-state index in [1.54, 1.807) is 0 Å². The molecule has 0 atom stereocenters. The molecular formula is C10H19F3N2O2. The van der Waals surface area contributed by atoms with Crippen LogP contribution >= 0.6 is 0 Å². The Bertz CT molecular complexity index is 220. The summed E-state index contributed by atoms with van der Waals surface area (Å²) in [7, 11) is 0. The van der Waals surface area contributed by atoms with Gasteiger partial charge in [0.15, 0.2) is 0 Å². The largest absolute Gasteiger partial charge is 0.411 e. The van der Waals surface area contributed by atoms with E-state index in [9.17, 15) is 18.0 Å². The van der Waals surface area contributed by atoms with Gasteiger partial charge in [-0.1, -0.05) is 13.8 Å². The molecule has 4 nitrogen and oxygen atoms in total. The van der Waals surface area contributed by atoms with Crippen molar-refractivity contribution in [1.29, 1.82) is 0 Å². The molecule has 17 heavy (non-hydrogen) atoms. The molecule has 0 aliphatic heterocycles. The van der Waals surface area contributed by atoms with Crippen LogP contribution < -0.4 is 10.6 Å². The summed E-state index contributed by atoms with van der Waals surface area (Å²) in [5.41, 5.74) is 0. The van der Waals surface area contributed by atoms with Gasteiger partial charge in [0.2, 0.25) is 5.91 Å². The molecule has 0 aromatic heterocycles. The van der Waals surface area contributed by atoms with Crippen molar-refractivity contribution in [3.63, 3.8) is 0 Å². The third kappa shape index (κ3) is 13.1. The first-order valence-electron chi connectivity index (χ1n) is 5.46. The summed E-state index contributed by atoms with van der Waals surface area (Å²) in [4.78, 5) is 11.1. The Labute approximate surface area is 98.9 Å². The Morgan fingerprint density at radius 1 is 1.29 bits per heavy atom. The molecule has 1 amide bonds. The van der Waals surface area contributed by atoms with E-state index >= 15 is 0 Å². The molecule has 0 aromatic rings. The van der Waals surface area contributed by atoms with Crippen molar-refractivity contribution in [2.75, 3.05) is 26.3 Å². The van der Waals surface area contributed by atoms with Crippen LogP contribution in [0.1, 0.15) is 20.3 Å². The zero-order valence-electron chi connectivity index (χ0n) is 10.1. The second kappa shape index (κ2) is 8.30. The van der Waals surface area contributed by atoms with Crippen LogP contribution in [0.5, 0.6) is 0 Å². The van der Waals surface area contributed by atoms with Crippen molar-refractivity contribution in [1.82, 2.24) is 10.6 Å². The fraction of sp³-hybridized carbons (Fsp3) is 0.900. The molecule has 7 heteroatoms. The summed E-state index contributed by atoms with van der Waals surface area (Å²) in [5.74, 6) is -0.308. The summed E-state index contributed by atoms with van der Waals surface area (Å²) in [6.45, 7) is 3.51. The van der Waals surface area contributed by atoms with E-state index in [2.05, 4.69) is 15.4 Å². The first-order valence-corrected chi connectivity index (χ1v) is 5.46. The number of nitrogens with one attached hydrogen (secondary N) is 2. The van der Waals surface area contributed by atoms with Gasteiger partial charge in [-0.2, -0.15) is 13.2 Å². The third-order valence-corrected chi connectivity index (χ3v) is 1.74. The molecule has 0 aliphatic rings. The van der Waals surface area contributed by atoms with Crippen molar-refractivity contribution < 1.29 is 22.7 Å². The molecule has 0 radical (unpaired) electrons. The van der Waals surface area contributed by atoms with Gasteiger partial charge < -0.3 is 15.4 Å². The molecular weight excluding hydrogens is 237 g/mol. The topological polar surface area (TPSA) is 50.4 Å². The van der Waals surface area contributed by atoms with Gasteiger partial charge in [-0.25, -0.2) is 0 Å². The van der Waals surface area contributed by atoms with Crippen LogP contribution in [0.25, 0.3) is 0 Å². The lowest BCUT2D eigenvalue weighted by atomic mass is 10.4. The van der Waals surface area contributed by atoms with Gasteiger partial charge in [0.25, 0.3) is 0 Å². The molecule has 0 spiro atoms. The number of ether oxygens (including phenoxy) is 1. The number of alkyl halides is 3. The summed E-state index contributed by atoms with van der Waals surface area (Å²) in [5, 5.41) is 5.67. The maximum absolute atomic E-state index is 11.7. The van der Waals surface area contributed by atoms with Crippen molar-refractivity contribution in [3.8, 4) is 0 Å². The molecule has 102 valence electrons. The first kappa shape index (κ1) is 16.2. The van der Waals surface area contributed by atoms with Crippen molar-refractivity contribution >= 4 is 5.91 Å². The van der Waals surface area contributed by atoms with E-state index in [0.717, 1.165) is 0 Å². The Hall–Kier alpha value is -0.820. The number of carbonyl (C=O) groups is 1. The molecule has 0 fully saturated rings. The van der Waals surface area contributed by atoms with Gasteiger partial charge >= 0.3 is 6.18 Å². The maximum Gasteiger partial charge on any atom is 0.411 e. The summed E-state index contributed by atoms with van der Waals surface area (Å²) in [6.07, 6.45) is -4.39. The van der Waals surface area contributed by atoms with Gasteiger partial charge in [0.1, 0.15) is 6.61 Å². The molecule has 2 N–H and O–H groups in total. The van der Waals surface area contributed by atoms with E-state index < -0.39 is 12.8 Å². The quantitative estimate of drug-likeness (QED) is 0.639. The highest BCUT2D eigenvalue weighted by atomic mass is 19.4. The fourth-order valence-electron chi connectivity index (χ4n) is 1.00. The van der Waals surface area contributed by atoms with Gasteiger partial charge in [-0.05, 0) is 0 Å². The summed E-state index contributed by atoms with van der Waals surface area (Å²) < 4.78 is 39.3. The molecule has 0 saturated carbocycles. The van der Waals surface area contributed by atoms with Crippen LogP contribution in [0.3, 0.4) is 0 Å². The highest BCUT2D eigenvalue weighted by Crippen LogP contribution is 2.14. The lowest BCUT2D eigenvalue weighted by molar-refractivity contribution is -0.174. The number of amides is 1. The highest BCUT2D eigenvalue weighted by Gasteiger charge is 2.27. The van der Waals surface area contributed by atoms with Gasteiger partial charge in [0.05, 0.1) is 6.61 Å². The van der Waals surface area contributed by atoms with Crippen LogP contribution in [0.4, 0.5) is 13.2 Å². The molecule has 0 unspecified atom stereocenters. The van der Waals surface area contributed by atoms with E-state index in [1.807, 2.05) is 13.8 Å². The molecule has 0 heterocycles. The average Bonchev–Trinajstić information content (AvgIpc) is 2.18. The third-order valence-electron chi connectivity index (χ3n) is 1.74. The second-order valence-electron chi connectivity index (χ2n) is 3.88. The predicted molar refractivity (Wildman–Crippen MR) is 57.6 cm³/mol. The van der Waals surface area contributed by atoms with Crippen LogP contribution in [0.15, 0.2) is 0 Å². The highest BCUT2D eigenvalue weighted by molar-refractivity contribution is 5.75. The molecule has 0 aromatic carbocycles.